The molecule has 0 aliphatic carbocycles. The van der Waals surface area contributed by atoms with Gasteiger partial charge < -0.3 is 10.4 Å². The third kappa shape index (κ3) is 3.90. The molecule has 0 spiro atoms. The number of nitrogens with zero attached hydrogens (tertiary/aromatic N) is 3. The van der Waals surface area contributed by atoms with Crippen LogP contribution in [-0.2, 0) is 6.54 Å². The van der Waals surface area contributed by atoms with Gasteiger partial charge in [-0.15, -0.1) is 0 Å². The first kappa shape index (κ1) is 13.1. The molecule has 2 unspecified atom stereocenters. The average molecular weight is 226 g/mol. The molecule has 0 saturated carbocycles. The van der Waals surface area contributed by atoms with E-state index in [4.69, 9.17) is 0 Å². The second-order valence-corrected chi connectivity index (χ2v) is 4.56. The number of aryl methyl sites for hydroxylation is 1. The van der Waals surface area contributed by atoms with Gasteiger partial charge in [-0.25, -0.2) is 4.98 Å². The van der Waals surface area contributed by atoms with E-state index in [-0.39, 0.29) is 12.1 Å². The quantitative estimate of drug-likeness (QED) is 0.722. The van der Waals surface area contributed by atoms with Crippen molar-refractivity contribution in [2.45, 2.75) is 51.7 Å². The molecule has 2 atom stereocenters. The van der Waals surface area contributed by atoms with Crippen LogP contribution >= 0.6 is 0 Å². The second kappa shape index (κ2) is 5.96. The minimum atomic E-state index is -0.179. The lowest BCUT2D eigenvalue weighted by Crippen LogP contribution is -2.49. The molecule has 1 aromatic rings. The SMILES string of the molecule is CCC(C)(CO)NC(C)CCn1cncn1. The van der Waals surface area contributed by atoms with Crippen molar-refractivity contribution in [2.75, 3.05) is 6.61 Å². The number of aromatic nitrogens is 3. The summed E-state index contributed by atoms with van der Waals surface area (Å²) < 4.78 is 1.82. The summed E-state index contributed by atoms with van der Waals surface area (Å²) in [6.07, 6.45) is 5.15. The van der Waals surface area contributed by atoms with Crippen molar-refractivity contribution < 1.29 is 5.11 Å². The van der Waals surface area contributed by atoms with Gasteiger partial charge in [0.15, 0.2) is 0 Å². The zero-order chi connectivity index (χ0) is 12.0. The Balaban J connectivity index is 2.32. The van der Waals surface area contributed by atoms with Crippen LogP contribution in [0.25, 0.3) is 0 Å². The summed E-state index contributed by atoms with van der Waals surface area (Å²) in [7, 11) is 0. The van der Waals surface area contributed by atoms with Gasteiger partial charge in [0.2, 0.25) is 0 Å². The average Bonchev–Trinajstić information content (AvgIpc) is 2.79. The van der Waals surface area contributed by atoms with Crippen LogP contribution in [0.5, 0.6) is 0 Å². The summed E-state index contributed by atoms with van der Waals surface area (Å²) in [4.78, 5) is 3.90. The van der Waals surface area contributed by atoms with Crippen molar-refractivity contribution in [3.63, 3.8) is 0 Å². The summed E-state index contributed by atoms with van der Waals surface area (Å²) in [5.74, 6) is 0. The molecule has 5 nitrogen and oxygen atoms in total. The molecular formula is C11H22N4O. The molecule has 0 radical (unpaired) electrons. The lowest BCUT2D eigenvalue weighted by Gasteiger charge is -2.31. The van der Waals surface area contributed by atoms with Crippen LogP contribution < -0.4 is 5.32 Å². The van der Waals surface area contributed by atoms with E-state index in [0.717, 1.165) is 19.4 Å². The van der Waals surface area contributed by atoms with Crippen LogP contribution in [-0.4, -0.2) is 38.1 Å². The number of aliphatic hydroxyl groups excluding tert-OH is 1. The Morgan fingerprint density at radius 3 is 2.81 bits per heavy atom. The maximum Gasteiger partial charge on any atom is 0.137 e. The van der Waals surface area contributed by atoms with Crippen molar-refractivity contribution in [1.29, 1.82) is 0 Å². The van der Waals surface area contributed by atoms with Crippen molar-refractivity contribution in [3.8, 4) is 0 Å². The molecule has 1 aromatic heterocycles. The van der Waals surface area contributed by atoms with Crippen LogP contribution in [0.4, 0.5) is 0 Å². The Labute approximate surface area is 96.9 Å². The fourth-order valence-electron chi connectivity index (χ4n) is 1.60. The monoisotopic (exact) mass is 226 g/mol. The Hall–Kier alpha value is -0.940. The largest absolute Gasteiger partial charge is 0.394 e. The van der Waals surface area contributed by atoms with Gasteiger partial charge in [-0.05, 0) is 26.7 Å². The lowest BCUT2D eigenvalue weighted by atomic mass is 9.98. The van der Waals surface area contributed by atoms with Gasteiger partial charge in [-0.1, -0.05) is 6.92 Å². The van der Waals surface area contributed by atoms with Crippen LogP contribution in [0.2, 0.25) is 0 Å². The maximum absolute atomic E-state index is 9.30. The fraction of sp³-hybridized carbons (Fsp3) is 0.818. The van der Waals surface area contributed by atoms with Gasteiger partial charge in [0.05, 0.1) is 6.61 Å². The molecule has 92 valence electrons. The molecule has 16 heavy (non-hydrogen) atoms. The molecular weight excluding hydrogens is 204 g/mol. The van der Waals surface area contributed by atoms with Crippen LogP contribution in [0.1, 0.15) is 33.6 Å². The molecule has 1 heterocycles. The second-order valence-electron chi connectivity index (χ2n) is 4.56. The van der Waals surface area contributed by atoms with Gasteiger partial charge >= 0.3 is 0 Å². The van der Waals surface area contributed by atoms with Crippen molar-refractivity contribution in [3.05, 3.63) is 12.7 Å². The van der Waals surface area contributed by atoms with E-state index >= 15 is 0 Å². The molecule has 1 rings (SSSR count). The normalized spacial score (nSPS) is 17.0. The first-order valence-corrected chi connectivity index (χ1v) is 5.80. The highest BCUT2D eigenvalue weighted by Gasteiger charge is 2.22. The van der Waals surface area contributed by atoms with E-state index in [0.29, 0.717) is 6.04 Å². The summed E-state index contributed by atoms with van der Waals surface area (Å²) in [5.41, 5.74) is -0.179. The van der Waals surface area contributed by atoms with Crippen LogP contribution in [0.3, 0.4) is 0 Å². The molecule has 5 heteroatoms. The van der Waals surface area contributed by atoms with Crippen LogP contribution in [0, 0.1) is 0 Å². The maximum atomic E-state index is 9.30. The molecule has 0 aromatic carbocycles. The zero-order valence-electron chi connectivity index (χ0n) is 10.3. The Bertz CT molecular complexity index is 282. The van der Waals surface area contributed by atoms with Crippen molar-refractivity contribution in [2.24, 2.45) is 0 Å². The van der Waals surface area contributed by atoms with E-state index in [1.807, 2.05) is 11.6 Å². The van der Waals surface area contributed by atoms with Gasteiger partial charge in [0.25, 0.3) is 0 Å². The minimum absolute atomic E-state index is 0.164. The highest BCUT2D eigenvalue weighted by atomic mass is 16.3. The van der Waals surface area contributed by atoms with E-state index in [9.17, 15) is 5.11 Å². The van der Waals surface area contributed by atoms with Gasteiger partial charge in [-0.2, -0.15) is 5.10 Å². The summed E-state index contributed by atoms with van der Waals surface area (Å²) in [5, 5.41) is 16.8. The predicted molar refractivity (Wildman–Crippen MR) is 63.0 cm³/mol. The molecule has 0 bridgehead atoms. The highest BCUT2D eigenvalue weighted by molar-refractivity contribution is 4.83. The number of hydrogen-bond donors (Lipinski definition) is 2. The first-order valence-electron chi connectivity index (χ1n) is 5.80. The van der Waals surface area contributed by atoms with Gasteiger partial charge in [0.1, 0.15) is 12.7 Å². The predicted octanol–water partition coefficient (Wildman–Crippen LogP) is 0.807. The Morgan fingerprint density at radius 2 is 2.31 bits per heavy atom. The first-order chi connectivity index (χ1) is 7.59. The third-order valence-electron chi connectivity index (χ3n) is 2.98. The Morgan fingerprint density at radius 1 is 1.56 bits per heavy atom. The standard InChI is InChI=1S/C11H22N4O/c1-4-11(3,7-16)14-10(2)5-6-15-9-12-8-13-15/h8-10,14,16H,4-7H2,1-3H3. The number of hydrogen-bond acceptors (Lipinski definition) is 4. The summed E-state index contributed by atoms with van der Waals surface area (Å²) in [6.45, 7) is 7.25. The topological polar surface area (TPSA) is 63.0 Å². The molecule has 0 fully saturated rings. The molecule has 0 saturated heterocycles. The van der Waals surface area contributed by atoms with E-state index in [2.05, 4.69) is 29.2 Å². The molecule has 0 aliphatic heterocycles. The smallest absolute Gasteiger partial charge is 0.137 e. The molecule has 2 N–H and O–H groups in total. The molecule has 0 amide bonds. The fourth-order valence-corrected chi connectivity index (χ4v) is 1.60. The summed E-state index contributed by atoms with van der Waals surface area (Å²) in [6, 6.07) is 0.348. The number of nitrogens with one attached hydrogen (secondary N) is 1. The number of aliphatic hydroxyl groups is 1. The highest BCUT2D eigenvalue weighted by Crippen LogP contribution is 2.10. The lowest BCUT2D eigenvalue weighted by molar-refractivity contribution is 0.156. The van der Waals surface area contributed by atoms with Gasteiger partial charge in [0, 0.05) is 18.1 Å². The van der Waals surface area contributed by atoms with E-state index in [1.165, 1.54) is 0 Å². The van der Waals surface area contributed by atoms with E-state index < -0.39 is 0 Å². The van der Waals surface area contributed by atoms with E-state index in [1.54, 1.807) is 12.7 Å². The minimum Gasteiger partial charge on any atom is -0.394 e. The molecule has 0 aliphatic rings. The van der Waals surface area contributed by atoms with Crippen molar-refractivity contribution in [1.82, 2.24) is 20.1 Å². The van der Waals surface area contributed by atoms with Crippen molar-refractivity contribution >= 4 is 0 Å². The van der Waals surface area contributed by atoms with Crippen LogP contribution in [0.15, 0.2) is 12.7 Å². The Kier molecular flexibility index (Phi) is 4.89. The summed E-state index contributed by atoms with van der Waals surface area (Å²) >= 11 is 0. The zero-order valence-corrected chi connectivity index (χ0v) is 10.3. The third-order valence-corrected chi connectivity index (χ3v) is 2.98. The van der Waals surface area contributed by atoms with Gasteiger partial charge in [-0.3, -0.25) is 4.68 Å². The number of rotatable bonds is 7.